The Hall–Kier alpha value is -3.93. The number of nitrogens with one attached hydrogen (secondary N) is 1. The van der Waals surface area contributed by atoms with Crippen LogP contribution in [0.2, 0.25) is 0 Å². The predicted octanol–water partition coefficient (Wildman–Crippen LogP) is 4.62. The van der Waals surface area contributed by atoms with Gasteiger partial charge in [0, 0.05) is 11.5 Å². The Bertz CT molecular complexity index is 1200. The van der Waals surface area contributed by atoms with Crippen molar-refractivity contribution in [3.63, 3.8) is 0 Å². The number of carbonyl (C=O) groups excluding carboxylic acids is 1. The average Bonchev–Trinajstić information content (AvgIpc) is 3.60. The van der Waals surface area contributed by atoms with E-state index in [2.05, 4.69) is 27.8 Å². The lowest BCUT2D eigenvalue weighted by molar-refractivity contribution is 0.0941. The Morgan fingerprint density at radius 3 is 2.38 bits per heavy atom. The van der Waals surface area contributed by atoms with Crippen molar-refractivity contribution in [1.82, 2.24) is 20.3 Å². The first kappa shape index (κ1) is 20.0. The van der Waals surface area contributed by atoms with Crippen molar-refractivity contribution in [2.45, 2.75) is 18.8 Å². The van der Waals surface area contributed by atoms with E-state index in [1.165, 1.54) is 0 Å². The monoisotopic (exact) mass is 424 g/mol. The number of nitrogens with zero attached hydrogens (tertiary/aromatic N) is 3. The molecule has 0 spiro atoms. The summed E-state index contributed by atoms with van der Waals surface area (Å²) in [5.41, 5.74) is 4.34. The summed E-state index contributed by atoms with van der Waals surface area (Å²) >= 11 is 0. The van der Waals surface area contributed by atoms with Crippen molar-refractivity contribution >= 4 is 5.91 Å². The zero-order valence-electron chi connectivity index (χ0n) is 17.6. The van der Waals surface area contributed by atoms with Crippen molar-refractivity contribution in [2.24, 2.45) is 0 Å². The van der Waals surface area contributed by atoms with Crippen LogP contribution < -0.4 is 10.1 Å². The average molecular weight is 425 g/mol. The summed E-state index contributed by atoms with van der Waals surface area (Å²) in [7, 11) is 0. The fourth-order valence-electron chi connectivity index (χ4n) is 3.79. The van der Waals surface area contributed by atoms with E-state index in [1.807, 2.05) is 72.8 Å². The highest BCUT2D eigenvalue weighted by atomic mass is 16.5. The molecule has 1 fully saturated rings. The van der Waals surface area contributed by atoms with Gasteiger partial charge in [-0.2, -0.15) is 0 Å². The van der Waals surface area contributed by atoms with Gasteiger partial charge in [0.15, 0.2) is 5.69 Å². The second kappa shape index (κ2) is 9.06. The number of hydrogen-bond acceptors (Lipinski definition) is 4. The van der Waals surface area contributed by atoms with Gasteiger partial charge in [0.1, 0.15) is 12.4 Å². The number of ether oxygens (including phenoxy) is 1. The maximum atomic E-state index is 12.9. The molecular weight excluding hydrogens is 400 g/mol. The molecule has 32 heavy (non-hydrogen) atoms. The van der Waals surface area contributed by atoms with Gasteiger partial charge in [-0.25, -0.2) is 4.68 Å². The zero-order valence-corrected chi connectivity index (χ0v) is 17.6. The summed E-state index contributed by atoms with van der Waals surface area (Å²) in [5, 5.41) is 11.4. The maximum Gasteiger partial charge on any atom is 0.273 e. The summed E-state index contributed by atoms with van der Waals surface area (Å²) in [4.78, 5) is 12.9. The largest absolute Gasteiger partial charge is 0.491 e. The minimum atomic E-state index is -0.214. The molecule has 3 aromatic carbocycles. The standard InChI is InChI=1S/C26H24N4O2/c31-26(24-25(20-15-16-20)30(29-28-24)21-11-5-2-6-12-21)27-17-18-32-23-14-8-7-13-22(23)19-9-3-1-4-10-19/h1-14,20H,15-18H2,(H,27,31). The second-order valence-electron chi connectivity index (χ2n) is 7.81. The number of hydrogen-bond donors (Lipinski definition) is 1. The Morgan fingerprint density at radius 1 is 0.938 bits per heavy atom. The molecule has 6 heteroatoms. The Kier molecular flexibility index (Phi) is 5.66. The third-order valence-electron chi connectivity index (χ3n) is 5.50. The van der Waals surface area contributed by atoms with E-state index >= 15 is 0 Å². The molecule has 6 nitrogen and oxygen atoms in total. The van der Waals surface area contributed by atoms with Crippen LogP contribution >= 0.6 is 0 Å². The highest BCUT2D eigenvalue weighted by molar-refractivity contribution is 5.93. The van der Waals surface area contributed by atoms with Crippen molar-refractivity contribution < 1.29 is 9.53 Å². The Labute approximate surface area is 186 Å². The molecule has 1 amide bonds. The molecule has 1 heterocycles. The molecule has 0 unspecified atom stereocenters. The molecular formula is C26H24N4O2. The van der Waals surface area contributed by atoms with Crippen molar-refractivity contribution in [1.29, 1.82) is 0 Å². The fraction of sp³-hybridized carbons (Fsp3) is 0.192. The summed E-state index contributed by atoms with van der Waals surface area (Å²) in [5.74, 6) is 0.913. The molecule has 0 aliphatic heterocycles. The minimum Gasteiger partial charge on any atom is -0.491 e. The van der Waals surface area contributed by atoms with Crippen LogP contribution in [0.3, 0.4) is 0 Å². The normalized spacial score (nSPS) is 13.0. The van der Waals surface area contributed by atoms with E-state index in [0.717, 1.165) is 41.1 Å². The lowest BCUT2D eigenvalue weighted by atomic mass is 10.1. The van der Waals surface area contributed by atoms with Crippen LogP contribution in [-0.4, -0.2) is 34.1 Å². The highest BCUT2D eigenvalue weighted by Gasteiger charge is 2.34. The Balaban J connectivity index is 1.24. The number of benzene rings is 3. The van der Waals surface area contributed by atoms with Gasteiger partial charge in [0.25, 0.3) is 5.91 Å². The molecule has 0 saturated heterocycles. The van der Waals surface area contributed by atoms with Crippen LogP contribution in [0.15, 0.2) is 84.9 Å². The lowest BCUT2D eigenvalue weighted by Crippen LogP contribution is -2.29. The van der Waals surface area contributed by atoms with Crippen molar-refractivity contribution in [2.75, 3.05) is 13.2 Å². The zero-order chi connectivity index (χ0) is 21.8. The molecule has 1 aliphatic rings. The van der Waals surface area contributed by atoms with E-state index in [1.54, 1.807) is 4.68 Å². The molecule has 160 valence electrons. The topological polar surface area (TPSA) is 69.0 Å². The first-order valence-corrected chi connectivity index (χ1v) is 10.9. The van der Waals surface area contributed by atoms with Crippen LogP contribution in [0.25, 0.3) is 16.8 Å². The molecule has 1 aliphatic carbocycles. The number of para-hydroxylation sites is 2. The summed E-state index contributed by atoms with van der Waals surface area (Å²) < 4.78 is 7.78. The maximum absolute atomic E-state index is 12.9. The molecule has 0 atom stereocenters. The van der Waals surface area contributed by atoms with E-state index < -0.39 is 0 Å². The lowest BCUT2D eigenvalue weighted by Gasteiger charge is -2.12. The van der Waals surface area contributed by atoms with Gasteiger partial charge in [-0.05, 0) is 36.6 Å². The molecule has 5 rings (SSSR count). The molecule has 1 N–H and O–H groups in total. The van der Waals surface area contributed by atoms with Gasteiger partial charge in [-0.1, -0.05) is 71.9 Å². The molecule has 1 aromatic heterocycles. The number of carbonyl (C=O) groups is 1. The van der Waals surface area contributed by atoms with Gasteiger partial charge in [0.2, 0.25) is 0 Å². The predicted molar refractivity (Wildman–Crippen MR) is 123 cm³/mol. The van der Waals surface area contributed by atoms with E-state index in [4.69, 9.17) is 4.74 Å². The number of amides is 1. The van der Waals surface area contributed by atoms with Gasteiger partial charge >= 0.3 is 0 Å². The first-order valence-electron chi connectivity index (χ1n) is 10.9. The van der Waals surface area contributed by atoms with Crippen LogP contribution in [0, 0.1) is 0 Å². The van der Waals surface area contributed by atoms with Crippen LogP contribution in [-0.2, 0) is 0 Å². The fourth-order valence-corrected chi connectivity index (χ4v) is 3.79. The van der Waals surface area contributed by atoms with Gasteiger partial charge < -0.3 is 10.1 Å². The van der Waals surface area contributed by atoms with Crippen LogP contribution in [0.1, 0.15) is 34.9 Å². The summed E-state index contributed by atoms with van der Waals surface area (Å²) in [6.45, 7) is 0.742. The smallest absolute Gasteiger partial charge is 0.273 e. The molecule has 0 radical (unpaired) electrons. The van der Waals surface area contributed by atoms with Crippen molar-refractivity contribution in [3.05, 3.63) is 96.3 Å². The van der Waals surface area contributed by atoms with Gasteiger partial charge in [0.05, 0.1) is 17.9 Å². The molecule has 1 saturated carbocycles. The van der Waals surface area contributed by atoms with Gasteiger partial charge in [-0.15, -0.1) is 5.10 Å². The van der Waals surface area contributed by atoms with Gasteiger partial charge in [-0.3, -0.25) is 4.79 Å². The Morgan fingerprint density at radius 2 is 1.62 bits per heavy atom. The second-order valence-corrected chi connectivity index (χ2v) is 7.81. The van der Waals surface area contributed by atoms with E-state index in [-0.39, 0.29) is 5.91 Å². The first-order chi connectivity index (χ1) is 15.8. The third kappa shape index (κ3) is 4.25. The minimum absolute atomic E-state index is 0.214. The summed E-state index contributed by atoms with van der Waals surface area (Å²) in [6.07, 6.45) is 2.11. The molecule has 0 bridgehead atoms. The van der Waals surface area contributed by atoms with Crippen LogP contribution in [0.4, 0.5) is 0 Å². The van der Waals surface area contributed by atoms with E-state index in [9.17, 15) is 4.79 Å². The quantitative estimate of drug-likeness (QED) is 0.419. The number of rotatable bonds is 8. The van der Waals surface area contributed by atoms with Crippen molar-refractivity contribution in [3.8, 4) is 22.6 Å². The molecule has 4 aromatic rings. The number of aromatic nitrogens is 3. The van der Waals surface area contributed by atoms with E-state index in [0.29, 0.717) is 24.8 Å². The summed E-state index contributed by atoms with van der Waals surface area (Å²) in [6, 6.07) is 27.9. The highest BCUT2D eigenvalue weighted by Crippen LogP contribution is 2.41. The SMILES string of the molecule is O=C(NCCOc1ccccc1-c1ccccc1)c1nnn(-c2ccccc2)c1C1CC1. The third-order valence-corrected chi connectivity index (χ3v) is 5.50. The van der Waals surface area contributed by atoms with Crippen LogP contribution in [0.5, 0.6) is 5.75 Å².